The highest BCUT2D eigenvalue weighted by Crippen LogP contribution is 2.25. The fraction of sp³-hybridized carbons (Fsp3) is 0.500. The van der Waals surface area contributed by atoms with Gasteiger partial charge in [0.05, 0.1) is 0 Å². The molecule has 2 heteroatoms. The molecule has 0 saturated carbocycles. The van der Waals surface area contributed by atoms with Gasteiger partial charge >= 0.3 is 0 Å². The summed E-state index contributed by atoms with van der Waals surface area (Å²) in [5.74, 6) is 0.706. The van der Waals surface area contributed by atoms with E-state index in [4.69, 9.17) is 5.73 Å². The monoisotopic (exact) mass is 190 g/mol. The summed E-state index contributed by atoms with van der Waals surface area (Å²) < 4.78 is 0. The molecule has 0 amide bonds. The van der Waals surface area contributed by atoms with Crippen molar-refractivity contribution in [3.63, 3.8) is 0 Å². The summed E-state index contributed by atoms with van der Waals surface area (Å²) in [5.41, 5.74) is 8.55. The van der Waals surface area contributed by atoms with Crippen molar-refractivity contribution in [2.75, 3.05) is 19.6 Å². The number of hydrogen-bond donors (Lipinski definition) is 2. The third kappa shape index (κ3) is 1.97. The largest absolute Gasteiger partial charge is 0.330 e. The first kappa shape index (κ1) is 9.69. The summed E-state index contributed by atoms with van der Waals surface area (Å²) >= 11 is 0. The maximum absolute atomic E-state index is 5.61. The van der Waals surface area contributed by atoms with Crippen LogP contribution in [0.5, 0.6) is 0 Å². The Labute approximate surface area is 85.5 Å². The first-order valence-electron chi connectivity index (χ1n) is 5.40. The van der Waals surface area contributed by atoms with Crippen LogP contribution in [0.1, 0.15) is 23.5 Å². The quantitative estimate of drug-likeness (QED) is 0.753. The zero-order chi connectivity index (χ0) is 9.80. The van der Waals surface area contributed by atoms with Crippen LogP contribution in [0.25, 0.3) is 0 Å². The predicted molar refractivity (Wildman–Crippen MR) is 59.4 cm³/mol. The molecule has 1 aliphatic rings. The molecule has 3 N–H and O–H groups in total. The molecule has 1 heterocycles. The van der Waals surface area contributed by atoms with Gasteiger partial charge in [-0.15, -0.1) is 0 Å². The van der Waals surface area contributed by atoms with Gasteiger partial charge in [0.2, 0.25) is 0 Å². The van der Waals surface area contributed by atoms with E-state index in [0.29, 0.717) is 5.92 Å². The summed E-state index contributed by atoms with van der Waals surface area (Å²) in [6.45, 7) is 3.03. The third-order valence-electron chi connectivity index (χ3n) is 2.97. The van der Waals surface area contributed by atoms with E-state index in [2.05, 4.69) is 29.6 Å². The SMILES string of the molecule is NCCc1ccccc1C1CCNC1. The minimum atomic E-state index is 0.706. The molecule has 1 aromatic carbocycles. The normalized spacial score (nSPS) is 21.4. The Morgan fingerprint density at radius 1 is 1.36 bits per heavy atom. The lowest BCUT2D eigenvalue weighted by Gasteiger charge is -2.13. The van der Waals surface area contributed by atoms with Gasteiger partial charge in [-0.1, -0.05) is 24.3 Å². The summed E-state index contributed by atoms with van der Waals surface area (Å²) in [5, 5.41) is 3.41. The number of benzene rings is 1. The van der Waals surface area contributed by atoms with Crippen LogP contribution >= 0.6 is 0 Å². The van der Waals surface area contributed by atoms with E-state index in [1.54, 1.807) is 0 Å². The Hall–Kier alpha value is -0.860. The van der Waals surface area contributed by atoms with Gasteiger partial charge in [0.15, 0.2) is 0 Å². The van der Waals surface area contributed by atoms with Crippen LogP contribution in [0.15, 0.2) is 24.3 Å². The van der Waals surface area contributed by atoms with Gasteiger partial charge in [-0.25, -0.2) is 0 Å². The molecule has 2 rings (SSSR count). The van der Waals surface area contributed by atoms with Crippen LogP contribution in [-0.4, -0.2) is 19.6 Å². The standard InChI is InChI=1S/C12H18N2/c13-7-5-10-3-1-2-4-12(10)11-6-8-14-9-11/h1-4,11,14H,5-9,13H2. The van der Waals surface area contributed by atoms with Crippen molar-refractivity contribution >= 4 is 0 Å². The first-order chi connectivity index (χ1) is 6.92. The van der Waals surface area contributed by atoms with Crippen molar-refractivity contribution in [1.29, 1.82) is 0 Å². The second kappa shape index (κ2) is 4.58. The summed E-state index contributed by atoms with van der Waals surface area (Å²) in [6, 6.07) is 8.70. The van der Waals surface area contributed by atoms with Crippen LogP contribution in [-0.2, 0) is 6.42 Å². The van der Waals surface area contributed by atoms with Crippen LogP contribution in [0, 0.1) is 0 Å². The van der Waals surface area contributed by atoms with Crippen molar-refractivity contribution in [2.45, 2.75) is 18.8 Å². The van der Waals surface area contributed by atoms with Gasteiger partial charge in [-0.3, -0.25) is 0 Å². The maximum atomic E-state index is 5.61. The second-order valence-electron chi connectivity index (χ2n) is 3.93. The zero-order valence-electron chi connectivity index (χ0n) is 8.50. The van der Waals surface area contributed by atoms with Gasteiger partial charge in [-0.05, 0) is 43.0 Å². The van der Waals surface area contributed by atoms with Crippen LogP contribution in [0.4, 0.5) is 0 Å². The molecule has 1 aliphatic heterocycles. The lowest BCUT2D eigenvalue weighted by Crippen LogP contribution is -2.11. The Balaban J connectivity index is 2.21. The molecule has 0 spiro atoms. The van der Waals surface area contributed by atoms with Gasteiger partial charge in [0.1, 0.15) is 0 Å². The Bertz CT molecular complexity index is 290. The van der Waals surface area contributed by atoms with Crippen molar-refractivity contribution in [3.05, 3.63) is 35.4 Å². The number of nitrogens with two attached hydrogens (primary N) is 1. The third-order valence-corrected chi connectivity index (χ3v) is 2.97. The van der Waals surface area contributed by atoms with E-state index in [1.807, 2.05) is 0 Å². The number of hydrogen-bond acceptors (Lipinski definition) is 2. The minimum Gasteiger partial charge on any atom is -0.330 e. The lowest BCUT2D eigenvalue weighted by atomic mass is 9.92. The predicted octanol–water partition coefficient (Wildman–Crippen LogP) is 1.26. The number of nitrogens with one attached hydrogen (secondary N) is 1. The molecule has 2 nitrogen and oxygen atoms in total. The van der Waals surface area contributed by atoms with E-state index >= 15 is 0 Å². The van der Waals surface area contributed by atoms with Crippen molar-refractivity contribution in [2.24, 2.45) is 5.73 Å². The topological polar surface area (TPSA) is 38.0 Å². The van der Waals surface area contributed by atoms with E-state index in [9.17, 15) is 0 Å². The molecule has 1 unspecified atom stereocenters. The van der Waals surface area contributed by atoms with Crippen LogP contribution in [0.3, 0.4) is 0 Å². The fourth-order valence-electron chi connectivity index (χ4n) is 2.24. The van der Waals surface area contributed by atoms with Crippen LogP contribution < -0.4 is 11.1 Å². The molecule has 0 radical (unpaired) electrons. The molecule has 14 heavy (non-hydrogen) atoms. The second-order valence-corrected chi connectivity index (χ2v) is 3.93. The average Bonchev–Trinajstić information content (AvgIpc) is 2.72. The highest BCUT2D eigenvalue weighted by Gasteiger charge is 2.18. The van der Waals surface area contributed by atoms with Crippen LogP contribution in [0.2, 0.25) is 0 Å². The van der Waals surface area contributed by atoms with Gasteiger partial charge < -0.3 is 11.1 Å². The lowest BCUT2D eigenvalue weighted by molar-refractivity contribution is 0.747. The van der Waals surface area contributed by atoms with Crippen molar-refractivity contribution in [3.8, 4) is 0 Å². The Morgan fingerprint density at radius 2 is 2.21 bits per heavy atom. The molecule has 1 saturated heterocycles. The Kier molecular flexibility index (Phi) is 3.17. The van der Waals surface area contributed by atoms with Gasteiger partial charge in [-0.2, -0.15) is 0 Å². The fourth-order valence-corrected chi connectivity index (χ4v) is 2.24. The molecule has 0 bridgehead atoms. The van der Waals surface area contributed by atoms with Crippen molar-refractivity contribution in [1.82, 2.24) is 5.32 Å². The van der Waals surface area contributed by atoms with E-state index < -0.39 is 0 Å². The number of rotatable bonds is 3. The van der Waals surface area contributed by atoms with Gasteiger partial charge in [0.25, 0.3) is 0 Å². The summed E-state index contributed by atoms with van der Waals surface area (Å²) in [7, 11) is 0. The average molecular weight is 190 g/mol. The molecular weight excluding hydrogens is 172 g/mol. The molecule has 1 atom stereocenters. The summed E-state index contributed by atoms with van der Waals surface area (Å²) in [6.07, 6.45) is 2.27. The highest BCUT2D eigenvalue weighted by molar-refractivity contribution is 5.31. The van der Waals surface area contributed by atoms with E-state index in [1.165, 1.54) is 17.5 Å². The van der Waals surface area contributed by atoms with Crippen molar-refractivity contribution < 1.29 is 0 Å². The molecule has 0 aromatic heterocycles. The molecule has 1 fully saturated rings. The van der Waals surface area contributed by atoms with Gasteiger partial charge in [0, 0.05) is 6.54 Å². The molecule has 1 aromatic rings. The summed E-state index contributed by atoms with van der Waals surface area (Å²) in [4.78, 5) is 0. The molecule has 0 aliphatic carbocycles. The van der Waals surface area contributed by atoms with E-state index in [-0.39, 0.29) is 0 Å². The maximum Gasteiger partial charge on any atom is 0.00207 e. The first-order valence-corrected chi connectivity index (χ1v) is 5.40. The highest BCUT2D eigenvalue weighted by atomic mass is 14.9. The smallest absolute Gasteiger partial charge is 0.00207 e. The molecular formula is C12H18N2. The Morgan fingerprint density at radius 3 is 2.93 bits per heavy atom. The zero-order valence-corrected chi connectivity index (χ0v) is 8.50. The minimum absolute atomic E-state index is 0.706. The molecule has 76 valence electrons. The van der Waals surface area contributed by atoms with E-state index in [0.717, 1.165) is 26.1 Å².